The Morgan fingerprint density at radius 3 is 2.42 bits per heavy atom. The van der Waals surface area contributed by atoms with Crippen molar-refractivity contribution in [1.29, 1.82) is 0 Å². The third kappa shape index (κ3) is 2.96. The van der Waals surface area contributed by atoms with E-state index < -0.39 is 0 Å². The molecule has 19 heavy (non-hydrogen) atoms. The molecule has 0 saturated heterocycles. The van der Waals surface area contributed by atoms with Crippen LogP contribution in [0.15, 0.2) is 12.1 Å². The van der Waals surface area contributed by atoms with E-state index in [0.717, 1.165) is 24.2 Å². The SMILES string of the molecule is CC(C)c1cc(C(C)C)nc(C2(COC=O)CC2)c1. The highest BCUT2D eigenvalue weighted by molar-refractivity contribution is 5.39. The van der Waals surface area contributed by atoms with Crippen LogP contribution in [0.1, 0.15) is 69.3 Å². The summed E-state index contributed by atoms with van der Waals surface area (Å²) >= 11 is 0. The van der Waals surface area contributed by atoms with Crippen LogP contribution in [-0.4, -0.2) is 18.1 Å². The smallest absolute Gasteiger partial charge is 0.293 e. The highest BCUT2D eigenvalue weighted by atomic mass is 16.5. The maximum absolute atomic E-state index is 10.4. The average molecular weight is 261 g/mol. The molecule has 0 amide bonds. The second kappa shape index (κ2) is 5.32. The van der Waals surface area contributed by atoms with Crippen LogP contribution in [-0.2, 0) is 14.9 Å². The first-order valence-electron chi connectivity index (χ1n) is 7.06. The lowest BCUT2D eigenvalue weighted by Gasteiger charge is -2.18. The van der Waals surface area contributed by atoms with Crippen molar-refractivity contribution in [2.75, 3.05) is 6.61 Å². The summed E-state index contributed by atoms with van der Waals surface area (Å²) in [5.41, 5.74) is 3.55. The van der Waals surface area contributed by atoms with Crippen molar-refractivity contribution in [3.8, 4) is 0 Å². The molecule has 0 unspecified atom stereocenters. The van der Waals surface area contributed by atoms with Gasteiger partial charge in [-0.15, -0.1) is 0 Å². The lowest BCUT2D eigenvalue weighted by Crippen LogP contribution is -2.18. The Morgan fingerprint density at radius 2 is 1.95 bits per heavy atom. The lowest BCUT2D eigenvalue weighted by molar-refractivity contribution is -0.129. The predicted molar refractivity (Wildman–Crippen MR) is 75.3 cm³/mol. The van der Waals surface area contributed by atoms with Crippen LogP contribution < -0.4 is 0 Å². The quantitative estimate of drug-likeness (QED) is 0.735. The summed E-state index contributed by atoms with van der Waals surface area (Å²) in [6, 6.07) is 4.40. The first-order chi connectivity index (χ1) is 8.98. The van der Waals surface area contributed by atoms with Crippen molar-refractivity contribution >= 4 is 6.47 Å². The highest BCUT2D eigenvalue weighted by Crippen LogP contribution is 2.48. The van der Waals surface area contributed by atoms with E-state index in [2.05, 4.69) is 39.8 Å². The van der Waals surface area contributed by atoms with E-state index >= 15 is 0 Å². The molecule has 1 aromatic rings. The molecule has 0 bridgehead atoms. The van der Waals surface area contributed by atoms with Crippen LogP contribution in [0.2, 0.25) is 0 Å². The van der Waals surface area contributed by atoms with E-state index in [0.29, 0.717) is 24.9 Å². The number of aromatic nitrogens is 1. The van der Waals surface area contributed by atoms with Gasteiger partial charge in [-0.3, -0.25) is 9.78 Å². The summed E-state index contributed by atoms with van der Waals surface area (Å²) < 4.78 is 5.00. The highest BCUT2D eigenvalue weighted by Gasteiger charge is 2.47. The van der Waals surface area contributed by atoms with Gasteiger partial charge >= 0.3 is 0 Å². The monoisotopic (exact) mass is 261 g/mol. The lowest BCUT2D eigenvalue weighted by atomic mass is 9.94. The van der Waals surface area contributed by atoms with Gasteiger partial charge in [0.15, 0.2) is 0 Å². The standard InChI is InChI=1S/C16H23NO2/c1-11(2)13-7-14(12(3)4)17-15(8-13)16(5-6-16)9-19-10-18/h7-8,10-12H,5-6,9H2,1-4H3. The Hall–Kier alpha value is -1.38. The number of rotatable bonds is 6. The van der Waals surface area contributed by atoms with Crippen molar-refractivity contribution in [3.05, 3.63) is 29.1 Å². The van der Waals surface area contributed by atoms with Crippen LogP contribution in [0.4, 0.5) is 0 Å². The number of carbonyl (C=O) groups is 1. The van der Waals surface area contributed by atoms with Gasteiger partial charge in [0.05, 0.1) is 5.69 Å². The summed E-state index contributed by atoms with van der Waals surface area (Å²) in [7, 11) is 0. The zero-order valence-corrected chi connectivity index (χ0v) is 12.3. The molecule has 1 heterocycles. The molecule has 0 aromatic carbocycles. The molecule has 3 heteroatoms. The predicted octanol–water partition coefficient (Wildman–Crippen LogP) is 3.53. The molecule has 1 aliphatic rings. The van der Waals surface area contributed by atoms with Gasteiger partial charge in [0.25, 0.3) is 6.47 Å². The fraction of sp³-hybridized carbons (Fsp3) is 0.625. The van der Waals surface area contributed by atoms with E-state index in [1.54, 1.807) is 0 Å². The van der Waals surface area contributed by atoms with E-state index in [1.807, 2.05) is 0 Å². The molecular weight excluding hydrogens is 238 g/mol. The third-order valence-electron chi connectivity index (χ3n) is 3.95. The number of hydrogen-bond acceptors (Lipinski definition) is 3. The van der Waals surface area contributed by atoms with E-state index in [-0.39, 0.29) is 5.41 Å². The van der Waals surface area contributed by atoms with Crippen molar-refractivity contribution in [3.63, 3.8) is 0 Å². The number of hydrogen-bond donors (Lipinski definition) is 0. The molecule has 2 rings (SSSR count). The minimum atomic E-state index is -0.0184. The summed E-state index contributed by atoms with van der Waals surface area (Å²) in [5, 5.41) is 0. The molecule has 0 spiro atoms. The second-order valence-corrected chi connectivity index (χ2v) is 6.21. The van der Waals surface area contributed by atoms with Gasteiger partial charge in [0, 0.05) is 11.1 Å². The van der Waals surface area contributed by atoms with Crippen LogP contribution in [0.3, 0.4) is 0 Å². The van der Waals surface area contributed by atoms with Gasteiger partial charge < -0.3 is 4.74 Å². The number of nitrogens with zero attached hydrogens (tertiary/aromatic N) is 1. The molecule has 0 N–H and O–H groups in total. The first-order valence-corrected chi connectivity index (χ1v) is 7.06. The normalized spacial score (nSPS) is 16.7. The average Bonchev–Trinajstić information content (AvgIpc) is 3.17. The van der Waals surface area contributed by atoms with Gasteiger partial charge in [-0.1, -0.05) is 27.7 Å². The molecule has 1 fully saturated rings. The minimum Gasteiger partial charge on any atom is -0.467 e. The first kappa shape index (κ1) is 14.0. The fourth-order valence-corrected chi connectivity index (χ4v) is 2.29. The Morgan fingerprint density at radius 1 is 1.26 bits per heavy atom. The largest absolute Gasteiger partial charge is 0.467 e. The van der Waals surface area contributed by atoms with Crippen LogP contribution in [0.25, 0.3) is 0 Å². The molecule has 0 aliphatic heterocycles. The maximum atomic E-state index is 10.4. The molecule has 104 valence electrons. The zero-order valence-electron chi connectivity index (χ0n) is 12.3. The third-order valence-corrected chi connectivity index (χ3v) is 3.95. The van der Waals surface area contributed by atoms with E-state index in [9.17, 15) is 4.79 Å². The van der Waals surface area contributed by atoms with Gasteiger partial charge in [-0.05, 0) is 42.4 Å². The van der Waals surface area contributed by atoms with Crippen LogP contribution in [0.5, 0.6) is 0 Å². The van der Waals surface area contributed by atoms with Crippen molar-refractivity contribution in [2.24, 2.45) is 0 Å². The van der Waals surface area contributed by atoms with Crippen molar-refractivity contribution < 1.29 is 9.53 Å². The Labute approximate surface area is 115 Å². The van der Waals surface area contributed by atoms with Gasteiger partial charge in [0.1, 0.15) is 6.61 Å². The van der Waals surface area contributed by atoms with Crippen LogP contribution >= 0.6 is 0 Å². The van der Waals surface area contributed by atoms with Gasteiger partial charge in [-0.25, -0.2) is 0 Å². The van der Waals surface area contributed by atoms with Crippen molar-refractivity contribution in [2.45, 2.75) is 57.8 Å². The molecule has 1 aromatic heterocycles. The van der Waals surface area contributed by atoms with Crippen molar-refractivity contribution in [1.82, 2.24) is 4.98 Å². The molecule has 1 aliphatic carbocycles. The van der Waals surface area contributed by atoms with Gasteiger partial charge in [-0.2, -0.15) is 0 Å². The number of ether oxygens (including phenoxy) is 1. The summed E-state index contributed by atoms with van der Waals surface area (Å²) in [4.78, 5) is 15.2. The Balaban J connectivity index is 2.36. The molecule has 0 atom stereocenters. The summed E-state index contributed by atoms with van der Waals surface area (Å²) in [6.45, 7) is 9.73. The molecule has 3 nitrogen and oxygen atoms in total. The molecule has 0 radical (unpaired) electrons. The maximum Gasteiger partial charge on any atom is 0.293 e. The van der Waals surface area contributed by atoms with Crippen LogP contribution in [0, 0.1) is 0 Å². The number of pyridine rings is 1. The number of carbonyl (C=O) groups excluding carboxylic acids is 1. The molecule has 1 saturated carbocycles. The summed E-state index contributed by atoms with van der Waals surface area (Å²) in [5.74, 6) is 0.905. The van der Waals surface area contributed by atoms with Gasteiger partial charge in [0.2, 0.25) is 0 Å². The molecular formula is C16H23NO2. The minimum absolute atomic E-state index is 0.0184. The topological polar surface area (TPSA) is 39.2 Å². The van der Waals surface area contributed by atoms with E-state index in [1.165, 1.54) is 5.56 Å². The zero-order chi connectivity index (χ0) is 14.0. The second-order valence-electron chi connectivity index (χ2n) is 6.21. The summed E-state index contributed by atoms with van der Waals surface area (Å²) in [6.07, 6.45) is 2.12. The Kier molecular flexibility index (Phi) is 3.93. The van der Waals surface area contributed by atoms with E-state index in [4.69, 9.17) is 9.72 Å². The Bertz CT molecular complexity index is 436. The fourth-order valence-electron chi connectivity index (χ4n) is 2.29.